The van der Waals surface area contributed by atoms with Gasteiger partial charge >= 0.3 is 0 Å². The van der Waals surface area contributed by atoms with Crippen molar-refractivity contribution in [2.75, 3.05) is 13.1 Å². The lowest BCUT2D eigenvalue weighted by atomic mass is 10.2. The summed E-state index contributed by atoms with van der Waals surface area (Å²) in [5.41, 5.74) is 3.29. The predicted molar refractivity (Wildman–Crippen MR) is 125 cm³/mol. The van der Waals surface area contributed by atoms with E-state index in [9.17, 15) is 9.18 Å². The molecule has 160 valence electrons. The molecule has 1 aliphatic rings. The Balaban J connectivity index is 1.94. The monoisotopic (exact) mass is 427 g/mol. The van der Waals surface area contributed by atoms with Crippen LogP contribution in [-0.2, 0) is 4.79 Å². The summed E-state index contributed by atoms with van der Waals surface area (Å²) in [5.74, 6) is -0.250. The summed E-state index contributed by atoms with van der Waals surface area (Å²) in [6, 6.07) is 8.76. The van der Waals surface area contributed by atoms with Crippen LogP contribution < -0.4 is 0 Å². The van der Waals surface area contributed by atoms with Gasteiger partial charge in [-0.1, -0.05) is 38.8 Å². The van der Waals surface area contributed by atoms with Crippen molar-refractivity contribution in [2.24, 2.45) is 4.99 Å². The number of carbonyl (C=O) groups is 1. The molecule has 1 aromatic carbocycles. The molecule has 0 atom stereocenters. The van der Waals surface area contributed by atoms with Gasteiger partial charge in [-0.25, -0.2) is 4.39 Å². The molecule has 0 spiro atoms. The molecule has 0 radical (unpaired) electrons. The number of thioether (sulfide) groups is 1. The molecule has 3 rings (SSSR count). The number of amides is 1. The van der Waals surface area contributed by atoms with Crippen molar-refractivity contribution in [2.45, 2.75) is 53.4 Å². The number of nitrogens with zero attached hydrogens (tertiary/aromatic N) is 3. The molecule has 0 bridgehead atoms. The van der Waals surface area contributed by atoms with E-state index in [-0.39, 0.29) is 11.7 Å². The van der Waals surface area contributed by atoms with Crippen LogP contribution in [0.2, 0.25) is 0 Å². The Bertz CT molecular complexity index is 977. The molecule has 0 N–H and O–H groups in total. The zero-order valence-electron chi connectivity index (χ0n) is 18.2. The minimum atomic E-state index is -0.263. The number of para-hydroxylation sites is 1. The zero-order chi connectivity index (χ0) is 21.7. The average molecular weight is 428 g/mol. The number of amidine groups is 1. The van der Waals surface area contributed by atoms with Crippen LogP contribution in [0.5, 0.6) is 0 Å². The lowest BCUT2D eigenvalue weighted by Gasteiger charge is -2.14. The van der Waals surface area contributed by atoms with Gasteiger partial charge in [0.1, 0.15) is 5.82 Å². The third kappa shape index (κ3) is 4.69. The molecule has 1 aliphatic heterocycles. The van der Waals surface area contributed by atoms with Crippen LogP contribution >= 0.6 is 11.8 Å². The number of hydrogen-bond acceptors (Lipinski definition) is 3. The molecule has 0 saturated carbocycles. The third-order valence-electron chi connectivity index (χ3n) is 5.23. The quantitative estimate of drug-likeness (QED) is 0.377. The number of hydrogen-bond donors (Lipinski definition) is 0. The maximum absolute atomic E-state index is 14.4. The van der Waals surface area contributed by atoms with Crippen LogP contribution in [-0.4, -0.2) is 33.6 Å². The van der Waals surface area contributed by atoms with E-state index in [1.165, 1.54) is 17.8 Å². The zero-order valence-corrected chi connectivity index (χ0v) is 19.1. The normalized spacial score (nSPS) is 17.0. The van der Waals surface area contributed by atoms with E-state index in [4.69, 9.17) is 0 Å². The van der Waals surface area contributed by atoms with Gasteiger partial charge in [0.25, 0.3) is 5.91 Å². The predicted octanol–water partition coefficient (Wildman–Crippen LogP) is 6.11. The first kappa shape index (κ1) is 22.3. The van der Waals surface area contributed by atoms with Crippen molar-refractivity contribution in [1.82, 2.24) is 9.47 Å². The Hall–Kier alpha value is -2.34. The molecule has 1 aromatic heterocycles. The summed E-state index contributed by atoms with van der Waals surface area (Å²) < 4.78 is 16.3. The fourth-order valence-corrected chi connectivity index (χ4v) is 4.57. The van der Waals surface area contributed by atoms with Crippen LogP contribution in [0.1, 0.15) is 56.5 Å². The summed E-state index contributed by atoms with van der Waals surface area (Å²) in [6.45, 7) is 9.61. The highest BCUT2D eigenvalue weighted by Crippen LogP contribution is 2.34. The van der Waals surface area contributed by atoms with Crippen LogP contribution in [0.4, 0.5) is 4.39 Å². The molecule has 2 aromatic rings. The number of aliphatic imine (C=N–C) groups is 1. The maximum Gasteiger partial charge on any atom is 0.266 e. The SMILES string of the molecule is CCCCN=C1S/C(=C\c2cc(C)n(-c3ccccc3F)c2C)C(=O)N1CCCC. The molecule has 1 fully saturated rings. The van der Waals surface area contributed by atoms with Gasteiger partial charge in [0.2, 0.25) is 0 Å². The van der Waals surface area contributed by atoms with Crippen molar-refractivity contribution in [1.29, 1.82) is 0 Å². The first-order chi connectivity index (χ1) is 14.5. The van der Waals surface area contributed by atoms with Gasteiger partial charge in [-0.2, -0.15) is 0 Å². The van der Waals surface area contributed by atoms with Gasteiger partial charge in [0.05, 0.1) is 10.6 Å². The first-order valence-corrected chi connectivity index (χ1v) is 11.5. The summed E-state index contributed by atoms with van der Waals surface area (Å²) >= 11 is 1.45. The van der Waals surface area contributed by atoms with Gasteiger partial charge in [-0.05, 0) is 68.3 Å². The maximum atomic E-state index is 14.4. The third-order valence-corrected chi connectivity index (χ3v) is 6.28. The average Bonchev–Trinajstić information content (AvgIpc) is 3.17. The second-order valence-electron chi connectivity index (χ2n) is 7.55. The van der Waals surface area contributed by atoms with Crippen molar-refractivity contribution in [3.05, 3.63) is 58.0 Å². The number of aryl methyl sites for hydroxylation is 1. The molecule has 4 nitrogen and oxygen atoms in total. The van der Waals surface area contributed by atoms with Crippen molar-refractivity contribution in [3.63, 3.8) is 0 Å². The highest BCUT2D eigenvalue weighted by atomic mass is 32.2. The number of rotatable bonds is 8. The molecule has 1 saturated heterocycles. The molecule has 1 amide bonds. The Morgan fingerprint density at radius 3 is 2.57 bits per heavy atom. The topological polar surface area (TPSA) is 37.6 Å². The van der Waals surface area contributed by atoms with Crippen molar-refractivity contribution < 1.29 is 9.18 Å². The Labute approximate surface area is 182 Å². The van der Waals surface area contributed by atoms with Crippen LogP contribution in [0.15, 0.2) is 40.2 Å². The second-order valence-corrected chi connectivity index (χ2v) is 8.56. The van der Waals surface area contributed by atoms with Crippen LogP contribution in [0.25, 0.3) is 11.8 Å². The Morgan fingerprint density at radius 1 is 1.13 bits per heavy atom. The fourth-order valence-electron chi connectivity index (χ4n) is 3.55. The second kappa shape index (κ2) is 10.1. The summed E-state index contributed by atoms with van der Waals surface area (Å²) in [7, 11) is 0. The molecular weight excluding hydrogens is 397 g/mol. The molecule has 2 heterocycles. The highest BCUT2D eigenvalue weighted by Gasteiger charge is 2.33. The van der Waals surface area contributed by atoms with Crippen molar-refractivity contribution in [3.8, 4) is 5.69 Å². The summed E-state index contributed by atoms with van der Waals surface area (Å²) in [6.07, 6.45) is 6.00. The minimum Gasteiger partial charge on any atom is -0.315 e. The van der Waals surface area contributed by atoms with Gasteiger partial charge in [0.15, 0.2) is 5.17 Å². The fraction of sp³-hybridized carbons (Fsp3) is 0.417. The summed E-state index contributed by atoms with van der Waals surface area (Å²) in [4.78, 5) is 20.2. The number of benzene rings is 1. The number of aromatic nitrogens is 1. The molecule has 30 heavy (non-hydrogen) atoms. The molecule has 0 unspecified atom stereocenters. The Morgan fingerprint density at radius 2 is 1.87 bits per heavy atom. The van der Waals surface area contributed by atoms with Gasteiger partial charge in [-0.3, -0.25) is 14.7 Å². The van der Waals surface area contributed by atoms with Crippen LogP contribution in [0, 0.1) is 19.7 Å². The highest BCUT2D eigenvalue weighted by molar-refractivity contribution is 8.18. The minimum absolute atomic E-state index is 0.0133. The van der Waals surface area contributed by atoms with Crippen LogP contribution in [0.3, 0.4) is 0 Å². The van der Waals surface area contributed by atoms with E-state index in [1.807, 2.05) is 41.5 Å². The largest absolute Gasteiger partial charge is 0.315 e. The van der Waals surface area contributed by atoms with Crippen molar-refractivity contribution >= 4 is 28.9 Å². The molecule has 6 heteroatoms. The summed E-state index contributed by atoms with van der Waals surface area (Å²) in [5, 5.41) is 0.802. The van der Waals surface area contributed by atoms with Gasteiger partial charge in [-0.15, -0.1) is 0 Å². The van der Waals surface area contributed by atoms with E-state index in [0.29, 0.717) is 17.1 Å². The van der Waals surface area contributed by atoms with E-state index >= 15 is 0 Å². The first-order valence-electron chi connectivity index (χ1n) is 10.7. The van der Waals surface area contributed by atoms with E-state index < -0.39 is 0 Å². The lowest BCUT2D eigenvalue weighted by Crippen LogP contribution is -2.30. The Kier molecular flexibility index (Phi) is 7.53. The number of halogens is 1. The van der Waals surface area contributed by atoms with E-state index in [2.05, 4.69) is 18.8 Å². The van der Waals surface area contributed by atoms with Gasteiger partial charge < -0.3 is 4.57 Å². The lowest BCUT2D eigenvalue weighted by molar-refractivity contribution is -0.122. The van der Waals surface area contributed by atoms with E-state index in [1.54, 1.807) is 12.1 Å². The molecule has 0 aliphatic carbocycles. The van der Waals surface area contributed by atoms with Gasteiger partial charge in [0, 0.05) is 24.5 Å². The standard InChI is InChI=1S/C24H30FN3OS/c1-5-7-13-26-24-27(14-8-6-2)23(29)22(30-24)16-19-15-17(3)28(18(19)4)21-12-10-9-11-20(21)25/h9-12,15-16H,5-8,13-14H2,1-4H3/b22-16-,26-24?. The number of carbonyl (C=O) groups excluding carboxylic acids is 1. The molecular formula is C24H30FN3OS. The number of unbranched alkanes of at least 4 members (excludes halogenated alkanes) is 2. The van der Waals surface area contributed by atoms with E-state index in [0.717, 1.165) is 54.3 Å². The smallest absolute Gasteiger partial charge is 0.266 e.